The Morgan fingerprint density at radius 1 is 1.12 bits per heavy atom. The third-order valence-electron chi connectivity index (χ3n) is 5.52. The number of amidine groups is 1. The summed E-state index contributed by atoms with van der Waals surface area (Å²) in [6, 6.07) is 21.6. The lowest BCUT2D eigenvalue weighted by molar-refractivity contribution is 0.104. The molecule has 1 aliphatic rings. The maximum absolute atomic E-state index is 12.9. The van der Waals surface area contributed by atoms with Gasteiger partial charge in [-0.25, -0.2) is 4.68 Å². The van der Waals surface area contributed by atoms with E-state index in [1.807, 2.05) is 89.1 Å². The summed E-state index contributed by atoms with van der Waals surface area (Å²) < 4.78 is 1.85. The van der Waals surface area contributed by atoms with Crippen LogP contribution in [0, 0.1) is 0 Å². The van der Waals surface area contributed by atoms with Crippen molar-refractivity contribution in [2.45, 2.75) is 18.6 Å². The number of carbonyl (C=O) groups is 1. The van der Waals surface area contributed by atoms with Crippen molar-refractivity contribution in [1.82, 2.24) is 9.78 Å². The van der Waals surface area contributed by atoms with E-state index in [2.05, 4.69) is 17.2 Å². The van der Waals surface area contributed by atoms with Gasteiger partial charge in [0.15, 0.2) is 11.0 Å². The van der Waals surface area contributed by atoms with E-state index in [0.717, 1.165) is 45.6 Å². The minimum absolute atomic E-state index is 0.0465. The van der Waals surface area contributed by atoms with E-state index in [-0.39, 0.29) is 5.78 Å². The second-order valence-corrected chi connectivity index (χ2v) is 10.1. The first kappa shape index (κ1) is 22.4. The Labute approximate surface area is 207 Å². The SMILES string of the molecule is CCC1CN=C(Nc2ccc(C(=O)/C=C/c3cn(-c4ccccc4)nc3-c3cccs3)cc2)S1. The lowest BCUT2D eigenvalue weighted by Gasteiger charge is -2.07. The number of aromatic nitrogens is 2. The van der Waals surface area contributed by atoms with E-state index >= 15 is 0 Å². The molecule has 7 heteroatoms. The Morgan fingerprint density at radius 2 is 1.94 bits per heavy atom. The van der Waals surface area contributed by atoms with Crippen LogP contribution in [0.25, 0.3) is 22.3 Å². The fraction of sp³-hybridized carbons (Fsp3) is 0.148. The maximum Gasteiger partial charge on any atom is 0.185 e. The van der Waals surface area contributed by atoms with Crippen LogP contribution in [0.3, 0.4) is 0 Å². The van der Waals surface area contributed by atoms with Gasteiger partial charge < -0.3 is 5.32 Å². The number of nitrogens with one attached hydrogen (secondary N) is 1. The molecule has 34 heavy (non-hydrogen) atoms. The van der Waals surface area contributed by atoms with E-state index in [1.54, 1.807) is 29.2 Å². The minimum atomic E-state index is -0.0465. The molecule has 5 nitrogen and oxygen atoms in total. The molecule has 1 atom stereocenters. The fourth-order valence-electron chi connectivity index (χ4n) is 3.63. The van der Waals surface area contributed by atoms with Gasteiger partial charge in [0, 0.05) is 28.3 Å². The first-order valence-electron chi connectivity index (χ1n) is 11.2. The highest BCUT2D eigenvalue weighted by Gasteiger charge is 2.17. The molecular weight excluding hydrogens is 460 g/mol. The van der Waals surface area contributed by atoms with Crippen molar-refractivity contribution in [1.29, 1.82) is 0 Å². The number of allylic oxidation sites excluding steroid dienone is 1. The third-order valence-corrected chi connectivity index (χ3v) is 7.67. The lowest BCUT2D eigenvalue weighted by Crippen LogP contribution is -2.07. The number of thioether (sulfide) groups is 1. The molecule has 0 spiro atoms. The highest BCUT2D eigenvalue weighted by Crippen LogP contribution is 2.29. The number of aliphatic imine (C=N–C) groups is 1. The number of para-hydroxylation sites is 1. The maximum atomic E-state index is 12.9. The van der Waals surface area contributed by atoms with Gasteiger partial charge in [-0.2, -0.15) is 5.10 Å². The van der Waals surface area contributed by atoms with Gasteiger partial charge >= 0.3 is 0 Å². The Morgan fingerprint density at radius 3 is 2.65 bits per heavy atom. The monoisotopic (exact) mass is 484 g/mol. The summed E-state index contributed by atoms with van der Waals surface area (Å²) >= 11 is 3.41. The van der Waals surface area contributed by atoms with Crippen molar-refractivity contribution >= 4 is 45.8 Å². The molecule has 0 amide bonds. The number of carbonyl (C=O) groups excluding carboxylic acids is 1. The molecule has 2 aromatic heterocycles. The molecule has 4 aromatic rings. The average molecular weight is 485 g/mol. The molecule has 2 aromatic carbocycles. The Bertz CT molecular complexity index is 1320. The van der Waals surface area contributed by atoms with Crippen LogP contribution >= 0.6 is 23.1 Å². The van der Waals surface area contributed by atoms with Crippen LogP contribution in [0.4, 0.5) is 5.69 Å². The van der Waals surface area contributed by atoms with Gasteiger partial charge in [0.2, 0.25) is 0 Å². The zero-order valence-electron chi connectivity index (χ0n) is 18.7. The summed E-state index contributed by atoms with van der Waals surface area (Å²) in [5, 5.41) is 11.7. The van der Waals surface area contributed by atoms with Gasteiger partial charge in [0.25, 0.3) is 0 Å². The number of hydrogen-bond donors (Lipinski definition) is 1. The van der Waals surface area contributed by atoms with Crippen LogP contribution in [-0.2, 0) is 0 Å². The number of anilines is 1. The smallest absolute Gasteiger partial charge is 0.185 e. The lowest BCUT2D eigenvalue weighted by atomic mass is 10.1. The zero-order valence-corrected chi connectivity index (χ0v) is 20.4. The second-order valence-electron chi connectivity index (χ2n) is 7.88. The van der Waals surface area contributed by atoms with E-state index in [9.17, 15) is 4.79 Å². The summed E-state index contributed by atoms with van der Waals surface area (Å²) in [5.74, 6) is -0.0465. The zero-order chi connectivity index (χ0) is 23.3. The largest absolute Gasteiger partial charge is 0.335 e. The van der Waals surface area contributed by atoms with Crippen molar-refractivity contribution in [3.63, 3.8) is 0 Å². The molecular formula is C27H24N4OS2. The first-order chi connectivity index (χ1) is 16.7. The first-order valence-corrected chi connectivity index (χ1v) is 12.9. The van der Waals surface area contributed by atoms with E-state index in [4.69, 9.17) is 5.10 Å². The van der Waals surface area contributed by atoms with Gasteiger partial charge in [-0.15, -0.1) is 11.3 Å². The predicted molar refractivity (Wildman–Crippen MR) is 144 cm³/mol. The Kier molecular flexibility index (Phi) is 6.74. The Hall–Kier alpha value is -3.42. The van der Waals surface area contributed by atoms with Crippen molar-refractivity contribution in [2.24, 2.45) is 4.99 Å². The summed E-state index contributed by atoms with van der Waals surface area (Å²) in [6.45, 7) is 3.04. The number of benzene rings is 2. The summed E-state index contributed by atoms with van der Waals surface area (Å²) in [4.78, 5) is 18.5. The normalized spacial score (nSPS) is 15.6. The summed E-state index contributed by atoms with van der Waals surface area (Å²) in [5.41, 5.74) is 4.32. The predicted octanol–water partition coefficient (Wildman–Crippen LogP) is 6.79. The number of thiophene rings is 1. The standard InChI is InChI=1S/C27H24N4OS2/c1-2-23-17-28-27(34-23)29-21-13-10-19(11-14-21)24(32)15-12-20-18-31(22-7-4-3-5-8-22)30-26(20)25-9-6-16-33-25/h3-16,18,23H,2,17H2,1H3,(H,28,29)/b15-12+. The topological polar surface area (TPSA) is 59.3 Å². The fourth-order valence-corrected chi connectivity index (χ4v) is 5.32. The Balaban J connectivity index is 1.33. The number of ketones is 1. The van der Waals surface area contributed by atoms with Gasteiger partial charge in [-0.3, -0.25) is 9.79 Å². The molecule has 3 heterocycles. The second kappa shape index (κ2) is 10.2. The molecule has 0 radical (unpaired) electrons. The molecule has 0 saturated heterocycles. The van der Waals surface area contributed by atoms with Crippen LogP contribution in [0.15, 0.2) is 89.4 Å². The van der Waals surface area contributed by atoms with Crippen LogP contribution in [0.2, 0.25) is 0 Å². The van der Waals surface area contributed by atoms with E-state index in [1.165, 1.54) is 0 Å². The minimum Gasteiger partial charge on any atom is -0.335 e. The van der Waals surface area contributed by atoms with E-state index < -0.39 is 0 Å². The summed E-state index contributed by atoms with van der Waals surface area (Å²) in [6.07, 6.45) is 6.54. The summed E-state index contributed by atoms with van der Waals surface area (Å²) in [7, 11) is 0. The van der Waals surface area contributed by atoms with Gasteiger partial charge in [-0.05, 0) is 66.4 Å². The van der Waals surface area contributed by atoms with Crippen LogP contribution in [-0.4, -0.2) is 32.5 Å². The molecule has 0 aliphatic carbocycles. The van der Waals surface area contributed by atoms with Gasteiger partial charge in [-0.1, -0.05) is 43.0 Å². The molecule has 1 aliphatic heterocycles. The molecule has 0 bridgehead atoms. The van der Waals surface area contributed by atoms with Crippen molar-refractivity contribution in [3.8, 4) is 16.3 Å². The van der Waals surface area contributed by atoms with Crippen molar-refractivity contribution in [3.05, 3.63) is 95.5 Å². The average Bonchev–Trinajstić information content (AvgIpc) is 3.64. The van der Waals surface area contributed by atoms with E-state index in [0.29, 0.717) is 10.8 Å². The molecule has 0 saturated carbocycles. The highest BCUT2D eigenvalue weighted by atomic mass is 32.2. The third kappa shape index (κ3) is 5.05. The molecule has 0 fully saturated rings. The van der Waals surface area contributed by atoms with Gasteiger partial charge in [0.05, 0.1) is 17.1 Å². The molecule has 1 N–H and O–H groups in total. The van der Waals surface area contributed by atoms with Crippen LogP contribution in [0.1, 0.15) is 29.3 Å². The molecule has 5 rings (SSSR count). The van der Waals surface area contributed by atoms with Crippen molar-refractivity contribution < 1.29 is 4.79 Å². The quantitative estimate of drug-likeness (QED) is 0.232. The van der Waals surface area contributed by atoms with Crippen LogP contribution in [0.5, 0.6) is 0 Å². The van der Waals surface area contributed by atoms with Crippen molar-refractivity contribution in [2.75, 3.05) is 11.9 Å². The van der Waals surface area contributed by atoms with Gasteiger partial charge in [0.1, 0.15) is 5.69 Å². The highest BCUT2D eigenvalue weighted by molar-refractivity contribution is 8.15. The number of rotatable bonds is 7. The number of nitrogens with zero attached hydrogens (tertiary/aromatic N) is 3. The molecule has 170 valence electrons. The van der Waals surface area contributed by atoms with Crippen LogP contribution < -0.4 is 5.32 Å². The number of hydrogen-bond acceptors (Lipinski definition) is 6. The molecule has 1 unspecified atom stereocenters.